The molecule has 0 amide bonds. The third-order valence-electron chi connectivity index (χ3n) is 1.28. The van der Waals surface area contributed by atoms with Crippen molar-refractivity contribution in [2.75, 3.05) is 7.11 Å². The molecule has 1 rings (SSSR count). The van der Waals surface area contributed by atoms with Gasteiger partial charge in [0.1, 0.15) is 5.75 Å². The number of halogens is 1. The molecule has 0 aliphatic carbocycles. The van der Waals surface area contributed by atoms with Crippen LogP contribution in [0.15, 0.2) is 24.3 Å². The van der Waals surface area contributed by atoms with Gasteiger partial charge in [-0.2, -0.15) is 0 Å². The van der Waals surface area contributed by atoms with E-state index in [0.29, 0.717) is 0 Å². The highest BCUT2D eigenvalue weighted by Gasteiger charge is 1.88. The summed E-state index contributed by atoms with van der Waals surface area (Å²) in [5.41, 5.74) is 0.975. The van der Waals surface area contributed by atoms with E-state index in [-0.39, 0.29) is 0 Å². The van der Waals surface area contributed by atoms with Crippen molar-refractivity contribution >= 4 is 15.9 Å². The minimum atomic E-state index is 0.852. The van der Waals surface area contributed by atoms with Gasteiger partial charge in [-0.3, -0.25) is 0 Å². The van der Waals surface area contributed by atoms with Crippen LogP contribution in [0.3, 0.4) is 0 Å². The van der Waals surface area contributed by atoms with E-state index in [4.69, 9.17) is 4.74 Å². The zero-order valence-electron chi connectivity index (χ0n) is 6.10. The van der Waals surface area contributed by atoms with Crippen molar-refractivity contribution in [3.05, 3.63) is 29.8 Å². The molecular formula is C9H7BrO. The monoisotopic (exact) mass is 210 g/mol. The molecule has 0 radical (unpaired) electrons. The average molecular weight is 211 g/mol. The Morgan fingerprint density at radius 3 is 2.36 bits per heavy atom. The molecule has 0 bridgehead atoms. The van der Waals surface area contributed by atoms with Crippen LogP contribution in [0.2, 0.25) is 0 Å². The van der Waals surface area contributed by atoms with Gasteiger partial charge in [0.05, 0.1) is 7.11 Å². The van der Waals surface area contributed by atoms with Gasteiger partial charge in [0.25, 0.3) is 0 Å². The summed E-state index contributed by atoms with van der Waals surface area (Å²) in [5, 5.41) is 0. The summed E-state index contributed by atoms with van der Waals surface area (Å²) >= 11 is 3.03. The van der Waals surface area contributed by atoms with E-state index in [2.05, 4.69) is 26.7 Å². The molecule has 0 heterocycles. The SMILES string of the molecule is COc1ccc(C#CBr)cc1. The molecule has 0 spiro atoms. The summed E-state index contributed by atoms with van der Waals surface area (Å²) in [6.45, 7) is 0. The lowest BCUT2D eigenvalue weighted by Crippen LogP contribution is -1.81. The zero-order valence-corrected chi connectivity index (χ0v) is 7.68. The van der Waals surface area contributed by atoms with Gasteiger partial charge in [-0.25, -0.2) is 0 Å². The Labute approximate surface area is 74.5 Å². The second-order valence-electron chi connectivity index (χ2n) is 1.95. The molecule has 56 valence electrons. The normalized spacial score (nSPS) is 8.18. The molecule has 1 aromatic carbocycles. The maximum Gasteiger partial charge on any atom is 0.118 e. The summed E-state index contributed by atoms with van der Waals surface area (Å²) in [4.78, 5) is 2.64. The highest BCUT2D eigenvalue weighted by molar-refractivity contribution is 9.12. The Hall–Kier alpha value is -0.940. The summed E-state index contributed by atoms with van der Waals surface area (Å²) in [7, 11) is 1.64. The second-order valence-corrected chi connectivity index (χ2v) is 2.34. The summed E-state index contributed by atoms with van der Waals surface area (Å²) in [5.74, 6) is 3.72. The van der Waals surface area contributed by atoms with Gasteiger partial charge in [-0.05, 0) is 29.1 Å². The second kappa shape index (κ2) is 4.05. The van der Waals surface area contributed by atoms with Crippen LogP contribution in [0.5, 0.6) is 5.75 Å². The largest absolute Gasteiger partial charge is 0.497 e. The van der Waals surface area contributed by atoms with Crippen molar-refractivity contribution in [3.63, 3.8) is 0 Å². The van der Waals surface area contributed by atoms with Crippen LogP contribution in [0.1, 0.15) is 5.56 Å². The number of hydrogen-bond donors (Lipinski definition) is 0. The van der Waals surface area contributed by atoms with Gasteiger partial charge in [-0.15, -0.1) is 0 Å². The van der Waals surface area contributed by atoms with E-state index in [9.17, 15) is 0 Å². The Morgan fingerprint density at radius 2 is 1.91 bits per heavy atom. The molecule has 0 N–H and O–H groups in total. The predicted molar refractivity (Wildman–Crippen MR) is 48.8 cm³/mol. The topological polar surface area (TPSA) is 9.23 Å². The molecule has 0 unspecified atom stereocenters. The van der Waals surface area contributed by atoms with E-state index in [1.165, 1.54) is 0 Å². The molecular weight excluding hydrogens is 204 g/mol. The number of benzene rings is 1. The lowest BCUT2D eigenvalue weighted by molar-refractivity contribution is 0.415. The fourth-order valence-corrected chi connectivity index (χ4v) is 0.958. The van der Waals surface area contributed by atoms with Gasteiger partial charge >= 0.3 is 0 Å². The van der Waals surface area contributed by atoms with Gasteiger partial charge in [-0.1, -0.05) is 5.92 Å². The Bertz CT molecular complexity index is 279. The molecule has 2 heteroatoms. The Balaban J connectivity index is 2.88. The van der Waals surface area contributed by atoms with Gasteiger partial charge < -0.3 is 4.74 Å². The molecule has 11 heavy (non-hydrogen) atoms. The fourth-order valence-electron chi connectivity index (χ4n) is 0.729. The molecule has 1 nitrogen and oxygen atoms in total. The first-order valence-corrected chi connectivity index (χ1v) is 3.92. The van der Waals surface area contributed by atoms with Crippen LogP contribution in [-0.2, 0) is 0 Å². The van der Waals surface area contributed by atoms with E-state index in [1.807, 2.05) is 24.3 Å². The van der Waals surface area contributed by atoms with Gasteiger partial charge in [0.2, 0.25) is 0 Å². The molecule has 0 aromatic heterocycles. The van der Waals surface area contributed by atoms with Crippen molar-refractivity contribution in [2.24, 2.45) is 0 Å². The highest BCUT2D eigenvalue weighted by atomic mass is 79.9. The van der Waals surface area contributed by atoms with Crippen LogP contribution in [0.4, 0.5) is 0 Å². The summed E-state index contributed by atoms with van der Waals surface area (Å²) in [6.07, 6.45) is 0. The Kier molecular flexibility index (Phi) is 3.00. The van der Waals surface area contributed by atoms with Crippen molar-refractivity contribution < 1.29 is 4.74 Å². The Morgan fingerprint density at radius 1 is 1.27 bits per heavy atom. The number of ether oxygens (including phenoxy) is 1. The first-order chi connectivity index (χ1) is 5.36. The van der Waals surface area contributed by atoms with Gasteiger partial charge in [0.15, 0.2) is 0 Å². The summed E-state index contributed by atoms with van der Waals surface area (Å²) < 4.78 is 4.99. The van der Waals surface area contributed by atoms with E-state index < -0.39 is 0 Å². The predicted octanol–water partition coefficient (Wildman–Crippen LogP) is 2.40. The lowest BCUT2D eigenvalue weighted by atomic mass is 10.2. The van der Waals surface area contributed by atoms with Crippen LogP contribution in [0, 0.1) is 10.8 Å². The first-order valence-electron chi connectivity index (χ1n) is 3.12. The van der Waals surface area contributed by atoms with Crippen LogP contribution < -0.4 is 4.74 Å². The van der Waals surface area contributed by atoms with Crippen molar-refractivity contribution in [3.8, 4) is 16.5 Å². The van der Waals surface area contributed by atoms with E-state index in [1.54, 1.807) is 7.11 Å². The standard InChI is InChI=1S/C9H7BrO/c1-11-9-4-2-8(3-5-9)6-7-10/h2-5H,1H3. The number of hydrogen-bond acceptors (Lipinski definition) is 1. The van der Waals surface area contributed by atoms with Crippen LogP contribution >= 0.6 is 15.9 Å². The van der Waals surface area contributed by atoms with E-state index >= 15 is 0 Å². The molecule has 1 aromatic rings. The molecule has 0 saturated carbocycles. The van der Waals surface area contributed by atoms with Crippen molar-refractivity contribution in [2.45, 2.75) is 0 Å². The molecule has 0 fully saturated rings. The zero-order chi connectivity index (χ0) is 8.10. The number of rotatable bonds is 1. The smallest absolute Gasteiger partial charge is 0.118 e. The maximum absolute atomic E-state index is 4.99. The molecule has 0 aliphatic heterocycles. The highest BCUT2D eigenvalue weighted by Crippen LogP contribution is 2.10. The van der Waals surface area contributed by atoms with Crippen molar-refractivity contribution in [1.82, 2.24) is 0 Å². The molecule has 0 aliphatic rings. The van der Waals surface area contributed by atoms with Crippen LogP contribution in [-0.4, -0.2) is 7.11 Å². The molecule has 0 saturated heterocycles. The third-order valence-corrected chi connectivity index (χ3v) is 1.48. The van der Waals surface area contributed by atoms with Gasteiger partial charge in [0, 0.05) is 21.5 Å². The quantitative estimate of drug-likeness (QED) is 0.648. The minimum Gasteiger partial charge on any atom is -0.497 e. The fraction of sp³-hybridized carbons (Fsp3) is 0.111. The van der Waals surface area contributed by atoms with Crippen molar-refractivity contribution in [1.29, 1.82) is 0 Å². The summed E-state index contributed by atoms with van der Waals surface area (Å²) in [6, 6.07) is 7.58. The lowest BCUT2D eigenvalue weighted by Gasteiger charge is -1.96. The molecule has 0 atom stereocenters. The number of methoxy groups -OCH3 is 1. The third kappa shape index (κ3) is 2.28. The first kappa shape index (κ1) is 8.16. The maximum atomic E-state index is 4.99. The van der Waals surface area contributed by atoms with Crippen LogP contribution in [0.25, 0.3) is 0 Å². The average Bonchev–Trinajstić information content (AvgIpc) is 2.07. The van der Waals surface area contributed by atoms with E-state index in [0.717, 1.165) is 11.3 Å². The minimum absolute atomic E-state index is 0.852.